The summed E-state index contributed by atoms with van der Waals surface area (Å²) in [6.45, 7) is 6.87. The molecule has 36 heavy (non-hydrogen) atoms. The Morgan fingerprint density at radius 1 is 1.00 bits per heavy atom. The highest BCUT2D eigenvalue weighted by Gasteiger charge is 2.28. The van der Waals surface area contributed by atoms with E-state index in [1.807, 2.05) is 51.1 Å². The van der Waals surface area contributed by atoms with Crippen LogP contribution in [-0.2, 0) is 26.0 Å². The molecule has 0 aliphatic heterocycles. The Hall–Kier alpha value is -2.94. The molecule has 198 valence electrons. The zero-order valence-corrected chi connectivity index (χ0v) is 22.4. The van der Waals surface area contributed by atoms with Crippen LogP contribution < -0.4 is 9.62 Å². The number of sulfonamides is 1. The molecular formula is C27H38FN3O4S. The van der Waals surface area contributed by atoms with Crippen LogP contribution >= 0.6 is 0 Å². The number of nitrogens with zero attached hydrogens (tertiary/aromatic N) is 2. The normalized spacial score (nSPS) is 12.3. The number of halogens is 1. The third-order valence-corrected chi connectivity index (χ3v) is 7.02. The summed E-state index contributed by atoms with van der Waals surface area (Å²) in [6, 6.07) is 14.3. The molecule has 0 aromatic heterocycles. The molecule has 0 aliphatic carbocycles. The van der Waals surface area contributed by atoms with Gasteiger partial charge in [-0.05, 0) is 55.0 Å². The summed E-state index contributed by atoms with van der Waals surface area (Å²) in [7, 11) is -3.62. The van der Waals surface area contributed by atoms with E-state index in [2.05, 4.69) is 5.32 Å². The Balaban J connectivity index is 2.14. The molecule has 2 aromatic rings. The maximum absolute atomic E-state index is 13.3. The predicted molar refractivity (Wildman–Crippen MR) is 142 cm³/mol. The summed E-state index contributed by atoms with van der Waals surface area (Å²) in [5, 5.41) is 2.94. The lowest BCUT2D eigenvalue weighted by atomic mass is 10.1. The average Bonchev–Trinajstić information content (AvgIpc) is 2.83. The van der Waals surface area contributed by atoms with Crippen LogP contribution in [0.2, 0.25) is 0 Å². The molecule has 0 saturated carbocycles. The number of hydrogen-bond donors (Lipinski definition) is 1. The van der Waals surface area contributed by atoms with Gasteiger partial charge in [-0.15, -0.1) is 0 Å². The number of anilines is 1. The number of benzene rings is 2. The molecule has 1 atom stereocenters. The van der Waals surface area contributed by atoms with Crippen LogP contribution in [0.15, 0.2) is 54.6 Å². The summed E-state index contributed by atoms with van der Waals surface area (Å²) >= 11 is 0. The second-order valence-corrected chi connectivity index (χ2v) is 11.2. The first-order valence-electron chi connectivity index (χ1n) is 12.4. The molecule has 0 saturated heterocycles. The molecule has 0 radical (unpaired) electrons. The van der Waals surface area contributed by atoms with E-state index >= 15 is 0 Å². The standard InChI is InChI=1S/C27H38FN3O4S/c1-5-25(27(33)29-20-21(2)3)30(19-17-22-10-7-6-8-11-22)26(32)12-9-18-31(36(4,34)35)24-15-13-23(28)14-16-24/h6-8,10-11,13-16,21,25H,5,9,12,17-20H2,1-4H3,(H,29,33)/t25-/m1/s1. The summed E-state index contributed by atoms with van der Waals surface area (Å²) in [5.74, 6) is -0.562. The summed E-state index contributed by atoms with van der Waals surface area (Å²) in [6.07, 6.45) is 2.49. The Morgan fingerprint density at radius 3 is 2.19 bits per heavy atom. The number of amides is 2. The maximum atomic E-state index is 13.3. The molecule has 0 fully saturated rings. The zero-order valence-electron chi connectivity index (χ0n) is 21.6. The first-order valence-corrected chi connectivity index (χ1v) is 14.2. The minimum atomic E-state index is -3.62. The van der Waals surface area contributed by atoms with Crippen LogP contribution in [0, 0.1) is 11.7 Å². The molecule has 1 N–H and O–H groups in total. The Kier molecular flexibility index (Phi) is 11.4. The van der Waals surface area contributed by atoms with Crippen molar-refractivity contribution < 1.29 is 22.4 Å². The van der Waals surface area contributed by atoms with Crippen LogP contribution in [0.1, 0.15) is 45.6 Å². The van der Waals surface area contributed by atoms with E-state index in [0.717, 1.165) is 11.8 Å². The topological polar surface area (TPSA) is 86.8 Å². The van der Waals surface area contributed by atoms with Gasteiger partial charge in [0.2, 0.25) is 21.8 Å². The van der Waals surface area contributed by atoms with Gasteiger partial charge in [-0.3, -0.25) is 13.9 Å². The van der Waals surface area contributed by atoms with Crippen LogP contribution in [0.4, 0.5) is 10.1 Å². The van der Waals surface area contributed by atoms with Crippen molar-refractivity contribution in [2.45, 2.75) is 52.5 Å². The maximum Gasteiger partial charge on any atom is 0.242 e. The van der Waals surface area contributed by atoms with Crippen molar-refractivity contribution in [3.8, 4) is 0 Å². The lowest BCUT2D eigenvalue weighted by Crippen LogP contribution is -2.50. The van der Waals surface area contributed by atoms with Gasteiger partial charge in [-0.1, -0.05) is 51.1 Å². The van der Waals surface area contributed by atoms with Gasteiger partial charge in [0.25, 0.3) is 0 Å². The minimum Gasteiger partial charge on any atom is -0.354 e. The summed E-state index contributed by atoms with van der Waals surface area (Å²) in [4.78, 5) is 27.9. The number of carbonyl (C=O) groups is 2. The van der Waals surface area contributed by atoms with Crippen molar-refractivity contribution >= 4 is 27.5 Å². The van der Waals surface area contributed by atoms with Gasteiger partial charge >= 0.3 is 0 Å². The molecule has 2 amide bonds. The van der Waals surface area contributed by atoms with Gasteiger partial charge in [0.05, 0.1) is 11.9 Å². The second-order valence-electron chi connectivity index (χ2n) is 9.30. The minimum absolute atomic E-state index is 0.0685. The summed E-state index contributed by atoms with van der Waals surface area (Å²) in [5.41, 5.74) is 1.40. The number of rotatable bonds is 14. The van der Waals surface area contributed by atoms with E-state index < -0.39 is 21.9 Å². The van der Waals surface area contributed by atoms with Gasteiger partial charge in [0, 0.05) is 26.1 Å². The third-order valence-electron chi connectivity index (χ3n) is 5.82. The lowest BCUT2D eigenvalue weighted by Gasteiger charge is -2.31. The number of nitrogens with one attached hydrogen (secondary N) is 1. The Morgan fingerprint density at radius 2 is 1.64 bits per heavy atom. The highest BCUT2D eigenvalue weighted by Crippen LogP contribution is 2.19. The molecule has 0 unspecified atom stereocenters. The molecule has 0 bridgehead atoms. The van der Waals surface area contributed by atoms with E-state index in [0.29, 0.717) is 31.6 Å². The van der Waals surface area contributed by atoms with Crippen molar-refractivity contribution in [2.75, 3.05) is 30.2 Å². The van der Waals surface area contributed by atoms with Crippen molar-refractivity contribution in [2.24, 2.45) is 5.92 Å². The van der Waals surface area contributed by atoms with Crippen molar-refractivity contribution in [1.82, 2.24) is 10.2 Å². The van der Waals surface area contributed by atoms with Gasteiger partial charge in [-0.25, -0.2) is 12.8 Å². The first kappa shape index (κ1) is 29.3. The monoisotopic (exact) mass is 519 g/mol. The molecular weight excluding hydrogens is 481 g/mol. The number of carbonyl (C=O) groups excluding carboxylic acids is 2. The molecule has 0 spiro atoms. The molecule has 0 aliphatic rings. The molecule has 7 nitrogen and oxygen atoms in total. The third kappa shape index (κ3) is 9.26. The van der Waals surface area contributed by atoms with Gasteiger partial charge in [0.1, 0.15) is 11.9 Å². The summed E-state index contributed by atoms with van der Waals surface area (Å²) < 4.78 is 39.2. The van der Waals surface area contributed by atoms with E-state index in [9.17, 15) is 22.4 Å². The van der Waals surface area contributed by atoms with Gasteiger partial charge in [0.15, 0.2) is 0 Å². The Labute approximate surface area is 214 Å². The first-order chi connectivity index (χ1) is 17.0. The van der Waals surface area contributed by atoms with E-state index in [4.69, 9.17) is 0 Å². The van der Waals surface area contributed by atoms with Crippen molar-refractivity contribution in [3.05, 3.63) is 66.0 Å². The lowest BCUT2D eigenvalue weighted by molar-refractivity contribution is -0.140. The molecule has 9 heteroatoms. The fourth-order valence-electron chi connectivity index (χ4n) is 3.93. The smallest absolute Gasteiger partial charge is 0.242 e. The van der Waals surface area contributed by atoms with Gasteiger partial charge < -0.3 is 10.2 Å². The molecule has 0 heterocycles. The van der Waals surface area contributed by atoms with E-state index in [-0.39, 0.29) is 37.1 Å². The van der Waals surface area contributed by atoms with Crippen LogP contribution in [-0.4, -0.2) is 57.1 Å². The predicted octanol–water partition coefficient (Wildman–Crippen LogP) is 3.99. The van der Waals surface area contributed by atoms with Crippen molar-refractivity contribution in [1.29, 1.82) is 0 Å². The van der Waals surface area contributed by atoms with E-state index in [1.54, 1.807) is 4.90 Å². The number of hydrogen-bond acceptors (Lipinski definition) is 4. The van der Waals surface area contributed by atoms with Crippen LogP contribution in [0.25, 0.3) is 0 Å². The Bertz CT molecular complexity index is 1080. The average molecular weight is 520 g/mol. The van der Waals surface area contributed by atoms with Crippen molar-refractivity contribution in [3.63, 3.8) is 0 Å². The highest BCUT2D eigenvalue weighted by molar-refractivity contribution is 7.92. The highest BCUT2D eigenvalue weighted by atomic mass is 32.2. The fourth-order valence-corrected chi connectivity index (χ4v) is 4.90. The SMILES string of the molecule is CC[C@H](C(=O)NCC(C)C)N(CCc1ccccc1)C(=O)CCCN(c1ccc(F)cc1)S(C)(=O)=O. The second kappa shape index (κ2) is 14.0. The molecule has 2 aromatic carbocycles. The molecule has 2 rings (SSSR count). The fraction of sp³-hybridized carbons (Fsp3) is 0.481. The largest absolute Gasteiger partial charge is 0.354 e. The van der Waals surface area contributed by atoms with E-state index in [1.165, 1.54) is 28.6 Å². The van der Waals surface area contributed by atoms with Gasteiger partial charge in [-0.2, -0.15) is 0 Å². The quantitative estimate of drug-likeness (QED) is 0.409. The van der Waals surface area contributed by atoms with Crippen LogP contribution in [0.5, 0.6) is 0 Å². The zero-order chi connectivity index (χ0) is 26.7. The van der Waals surface area contributed by atoms with Crippen LogP contribution in [0.3, 0.4) is 0 Å².